The topological polar surface area (TPSA) is 69.6 Å². The lowest BCUT2D eigenvalue weighted by Gasteiger charge is -2.25. The molecule has 19 heavy (non-hydrogen) atoms. The van der Waals surface area contributed by atoms with E-state index < -0.39 is 16.6 Å². The zero-order valence-corrected chi connectivity index (χ0v) is 13.5. The van der Waals surface area contributed by atoms with E-state index in [1.165, 1.54) is 12.1 Å². The molecule has 0 saturated carbocycles. The molecule has 0 bridgehead atoms. The summed E-state index contributed by atoms with van der Waals surface area (Å²) in [4.78, 5) is 10.4. The lowest BCUT2D eigenvalue weighted by Crippen LogP contribution is -2.35. The zero-order chi connectivity index (χ0) is 14.4. The standard InChI is InChI=1S/C11H17N2O3PS2/c1-8-4-6-11(7-5-8)19(15,16)13-10(3)9(2)12-17(13,14)18/h4-7,9-10H,1-3H3,(H2,12,14,18). The maximum atomic E-state index is 12.6. The van der Waals surface area contributed by atoms with Crippen LogP contribution in [0.4, 0.5) is 0 Å². The highest BCUT2D eigenvalue weighted by molar-refractivity contribution is 8.14. The minimum Gasteiger partial charge on any atom is -0.342 e. The van der Waals surface area contributed by atoms with Crippen molar-refractivity contribution in [2.75, 3.05) is 0 Å². The van der Waals surface area contributed by atoms with Gasteiger partial charge >= 0.3 is 0 Å². The van der Waals surface area contributed by atoms with Gasteiger partial charge in [0.1, 0.15) is 0 Å². The number of aryl methyl sites for hydroxylation is 1. The molecular weight excluding hydrogens is 303 g/mol. The third kappa shape index (κ3) is 2.63. The minimum absolute atomic E-state index is 0.157. The molecule has 3 unspecified atom stereocenters. The van der Waals surface area contributed by atoms with Crippen LogP contribution in [0.15, 0.2) is 29.2 Å². The highest BCUT2D eigenvalue weighted by Gasteiger charge is 2.47. The van der Waals surface area contributed by atoms with Crippen molar-refractivity contribution in [1.29, 1.82) is 0 Å². The molecular formula is C11H17N2O3PS2. The molecule has 1 fully saturated rings. The van der Waals surface area contributed by atoms with E-state index in [0.717, 1.165) is 9.64 Å². The van der Waals surface area contributed by atoms with Gasteiger partial charge in [-0.2, -0.15) is 0 Å². The Balaban J connectivity index is 2.50. The Morgan fingerprint density at radius 3 is 2.26 bits per heavy atom. The molecule has 2 rings (SSSR count). The molecule has 1 aliphatic rings. The highest BCUT2D eigenvalue weighted by Crippen LogP contribution is 2.52. The molecule has 0 radical (unpaired) electrons. The van der Waals surface area contributed by atoms with Gasteiger partial charge < -0.3 is 4.89 Å². The summed E-state index contributed by atoms with van der Waals surface area (Å²) in [6.07, 6.45) is 0. The van der Waals surface area contributed by atoms with Crippen molar-refractivity contribution >= 4 is 28.4 Å². The number of rotatable bonds is 2. The molecule has 106 valence electrons. The van der Waals surface area contributed by atoms with Crippen LogP contribution < -0.4 is 5.09 Å². The van der Waals surface area contributed by atoms with Gasteiger partial charge in [-0.25, -0.2) is 8.42 Å². The Morgan fingerprint density at radius 1 is 1.32 bits per heavy atom. The summed E-state index contributed by atoms with van der Waals surface area (Å²) in [6.45, 7) is 2.20. The second kappa shape index (κ2) is 4.91. The average Bonchev–Trinajstić information content (AvgIpc) is 2.48. The fourth-order valence-corrected chi connectivity index (χ4v) is 8.25. The maximum absolute atomic E-state index is 12.6. The van der Waals surface area contributed by atoms with Crippen LogP contribution in [-0.4, -0.2) is 29.5 Å². The number of benzene rings is 1. The predicted molar refractivity (Wildman–Crippen MR) is 78.8 cm³/mol. The molecule has 0 spiro atoms. The van der Waals surface area contributed by atoms with Crippen LogP contribution in [-0.2, 0) is 21.8 Å². The third-order valence-electron chi connectivity index (χ3n) is 3.28. The van der Waals surface area contributed by atoms with Crippen molar-refractivity contribution in [3.63, 3.8) is 0 Å². The van der Waals surface area contributed by atoms with Gasteiger partial charge in [0, 0.05) is 12.1 Å². The summed E-state index contributed by atoms with van der Waals surface area (Å²) in [5, 5.41) is 2.81. The number of sulfonamides is 1. The molecule has 0 amide bonds. The van der Waals surface area contributed by atoms with Gasteiger partial charge in [0.15, 0.2) is 0 Å². The van der Waals surface area contributed by atoms with Crippen molar-refractivity contribution in [2.24, 2.45) is 0 Å². The fourth-order valence-electron chi connectivity index (χ4n) is 2.05. The van der Waals surface area contributed by atoms with Gasteiger partial charge in [-0.3, -0.25) is 5.09 Å². The molecule has 8 heteroatoms. The van der Waals surface area contributed by atoms with Gasteiger partial charge in [-0.05, 0) is 44.7 Å². The van der Waals surface area contributed by atoms with Crippen LogP contribution in [0.2, 0.25) is 0 Å². The van der Waals surface area contributed by atoms with E-state index in [4.69, 9.17) is 11.8 Å². The number of hydrogen-bond donors (Lipinski definition) is 2. The summed E-state index contributed by atoms with van der Waals surface area (Å²) in [7, 11) is -3.78. The van der Waals surface area contributed by atoms with Crippen LogP contribution in [0.25, 0.3) is 0 Å². The Labute approximate surface area is 118 Å². The number of nitrogens with zero attached hydrogens (tertiary/aromatic N) is 1. The molecule has 1 saturated heterocycles. The molecule has 1 aliphatic heterocycles. The molecule has 2 N–H and O–H groups in total. The summed E-state index contributed by atoms with van der Waals surface area (Å²) in [5.41, 5.74) is 0.975. The first-order valence-corrected chi connectivity index (χ1v) is 10.0. The van der Waals surface area contributed by atoms with E-state index in [1.54, 1.807) is 19.1 Å². The first-order chi connectivity index (χ1) is 8.66. The second-order valence-electron chi connectivity index (χ2n) is 4.79. The van der Waals surface area contributed by atoms with Crippen molar-refractivity contribution in [3.8, 4) is 0 Å². The van der Waals surface area contributed by atoms with Crippen molar-refractivity contribution in [1.82, 2.24) is 9.16 Å². The Bertz CT molecular complexity index is 630. The van der Waals surface area contributed by atoms with Gasteiger partial charge in [-0.1, -0.05) is 17.7 Å². The molecule has 0 aromatic heterocycles. The van der Waals surface area contributed by atoms with E-state index in [-0.39, 0.29) is 17.0 Å². The van der Waals surface area contributed by atoms with E-state index in [0.29, 0.717) is 0 Å². The quantitative estimate of drug-likeness (QED) is 0.810. The molecule has 0 aliphatic carbocycles. The summed E-state index contributed by atoms with van der Waals surface area (Å²) in [6, 6.07) is 5.99. The van der Waals surface area contributed by atoms with Crippen molar-refractivity contribution < 1.29 is 13.3 Å². The van der Waals surface area contributed by atoms with E-state index in [1.807, 2.05) is 13.8 Å². The second-order valence-corrected chi connectivity index (χ2v) is 10.2. The molecule has 5 nitrogen and oxygen atoms in total. The highest BCUT2D eigenvalue weighted by atomic mass is 32.5. The fraction of sp³-hybridized carbons (Fsp3) is 0.455. The molecule has 1 heterocycles. The summed E-state index contributed by atoms with van der Waals surface area (Å²) in [5.74, 6) is 0. The van der Waals surface area contributed by atoms with E-state index in [2.05, 4.69) is 5.09 Å². The molecule has 3 atom stereocenters. The minimum atomic E-state index is -3.78. The predicted octanol–water partition coefficient (Wildman–Crippen LogP) is 1.58. The van der Waals surface area contributed by atoms with Gasteiger partial charge in [0.25, 0.3) is 0 Å². The Hall–Kier alpha value is -0.300. The van der Waals surface area contributed by atoms with Crippen LogP contribution in [0.3, 0.4) is 0 Å². The van der Waals surface area contributed by atoms with Crippen molar-refractivity contribution in [3.05, 3.63) is 29.8 Å². The molecule has 1 aromatic rings. The smallest absolute Gasteiger partial charge is 0.250 e. The zero-order valence-electron chi connectivity index (χ0n) is 10.9. The lowest BCUT2D eigenvalue weighted by molar-refractivity contribution is 0.440. The van der Waals surface area contributed by atoms with Gasteiger partial charge in [-0.15, -0.1) is 4.08 Å². The van der Waals surface area contributed by atoms with Crippen LogP contribution >= 0.6 is 6.57 Å². The Morgan fingerprint density at radius 2 is 1.84 bits per heavy atom. The van der Waals surface area contributed by atoms with Crippen molar-refractivity contribution in [2.45, 2.75) is 37.8 Å². The van der Waals surface area contributed by atoms with Crippen LogP contribution in [0.5, 0.6) is 0 Å². The van der Waals surface area contributed by atoms with Crippen LogP contribution in [0, 0.1) is 6.92 Å². The first kappa shape index (κ1) is 15.1. The summed E-state index contributed by atoms with van der Waals surface area (Å²) < 4.78 is 26.3. The van der Waals surface area contributed by atoms with Gasteiger partial charge in [0.2, 0.25) is 16.6 Å². The Kier molecular flexibility index (Phi) is 3.90. The van der Waals surface area contributed by atoms with E-state index in [9.17, 15) is 13.3 Å². The lowest BCUT2D eigenvalue weighted by atomic mass is 10.2. The normalized spacial score (nSPS) is 32.6. The SMILES string of the molecule is Cc1ccc(S(=O)(=O)N2C(C)C(C)NP2(O)=S)cc1. The van der Waals surface area contributed by atoms with E-state index >= 15 is 0 Å². The average molecular weight is 320 g/mol. The van der Waals surface area contributed by atoms with Gasteiger partial charge in [0.05, 0.1) is 4.90 Å². The molecule has 1 aromatic carbocycles. The summed E-state index contributed by atoms with van der Waals surface area (Å²) >= 11 is 5.06. The monoisotopic (exact) mass is 320 g/mol. The maximum Gasteiger partial charge on any atom is 0.250 e. The largest absolute Gasteiger partial charge is 0.342 e. The number of hydrogen-bond acceptors (Lipinski definition) is 3. The third-order valence-corrected chi connectivity index (χ3v) is 9.12. The van der Waals surface area contributed by atoms with Crippen LogP contribution in [0.1, 0.15) is 19.4 Å². The number of nitrogens with one attached hydrogen (secondary N) is 1. The first-order valence-electron chi connectivity index (χ1n) is 5.88.